The third-order valence-electron chi connectivity index (χ3n) is 1.48. The van der Waals surface area contributed by atoms with Gasteiger partial charge in [-0.1, -0.05) is 32.4 Å². The van der Waals surface area contributed by atoms with E-state index < -0.39 is 0 Å². The van der Waals surface area contributed by atoms with Crippen LogP contribution in [0.15, 0.2) is 23.1 Å². The summed E-state index contributed by atoms with van der Waals surface area (Å²) in [5.41, 5.74) is 0.689. The Morgan fingerprint density at radius 3 is 2.50 bits per heavy atom. The van der Waals surface area contributed by atoms with E-state index in [2.05, 4.69) is 26.8 Å². The van der Waals surface area contributed by atoms with E-state index in [1.54, 1.807) is 23.9 Å². The molecule has 0 radical (unpaired) electrons. The van der Waals surface area contributed by atoms with Gasteiger partial charge in [-0.2, -0.15) is 5.26 Å². The lowest BCUT2D eigenvalue weighted by Crippen LogP contribution is -2.07. The number of rotatable bonds is 1. The molecule has 1 aromatic rings. The summed E-state index contributed by atoms with van der Waals surface area (Å²) < 4.78 is 0.0935. The van der Waals surface area contributed by atoms with Gasteiger partial charge in [-0.25, -0.2) is 0 Å². The number of halogens is 1. The minimum absolute atomic E-state index is 0.0935. The van der Waals surface area contributed by atoms with Crippen molar-refractivity contribution in [3.8, 4) is 6.07 Å². The Hall–Kier alpha value is -0.650. The largest absolute Gasteiger partial charge is 0.192 e. The highest BCUT2D eigenvalue weighted by Gasteiger charge is 2.14. The van der Waals surface area contributed by atoms with E-state index in [9.17, 15) is 0 Å². The van der Waals surface area contributed by atoms with E-state index in [4.69, 9.17) is 16.9 Å². The van der Waals surface area contributed by atoms with Gasteiger partial charge in [0, 0.05) is 14.7 Å². The molecule has 0 saturated carbocycles. The molecule has 0 spiro atoms. The Morgan fingerprint density at radius 1 is 1.36 bits per heavy atom. The number of thioether (sulfide) groups is 1. The molecule has 0 atom stereocenters. The van der Waals surface area contributed by atoms with Crippen molar-refractivity contribution in [1.29, 1.82) is 5.26 Å². The van der Waals surface area contributed by atoms with Gasteiger partial charge < -0.3 is 0 Å². The Morgan fingerprint density at radius 2 is 2.00 bits per heavy atom. The zero-order valence-corrected chi connectivity index (χ0v) is 10.0. The van der Waals surface area contributed by atoms with Crippen molar-refractivity contribution >= 4 is 23.4 Å². The summed E-state index contributed by atoms with van der Waals surface area (Å²) in [6.07, 6.45) is 0. The van der Waals surface area contributed by atoms with Crippen LogP contribution in [0.3, 0.4) is 0 Å². The molecule has 0 amide bonds. The Labute approximate surface area is 94.1 Å². The van der Waals surface area contributed by atoms with Crippen LogP contribution in [0.1, 0.15) is 26.3 Å². The molecule has 14 heavy (non-hydrogen) atoms. The number of benzene rings is 1. The summed E-state index contributed by atoms with van der Waals surface area (Å²) >= 11 is 7.54. The van der Waals surface area contributed by atoms with Crippen molar-refractivity contribution in [3.05, 3.63) is 28.8 Å². The van der Waals surface area contributed by atoms with Crippen LogP contribution in [0.2, 0.25) is 5.02 Å². The van der Waals surface area contributed by atoms with Crippen LogP contribution in [0, 0.1) is 11.3 Å². The minimum Gasteiger partial charge on any atom is -0.192 e. The SMILES string of the molecule is CC(C)(C)Sc1cc(Cl)ccc1C#N. The first-order valence-electron chi connectivity index (χ1n) is 4.31. The van der Waals surface area contributed by atoms with Crippen LogP contribution in [0.5, 0.6) is 0 Å². The molecule has 0 heterocycles. The van der Waals surface area contributed by atoms with Crippen molar-refractivity contribution in [1.82, 2.24) is 0 Å². The van der Waals surface area contributed by atoms with Crippen LogP contribution in [-0.2, 0) is 0 Å². The quantitative estimate of drug-likeness (QED) is 0.672. The molecule has 0 aliphatic rings. The molecular formula is C11H12ClNS. The van der Waals surface area contributed by atoms with Gasteiger partial charge in [0.25, 0.3) is 0 Å². The van der Waals surface area contributed by atoms with Crippen LogP contribution in [0.4, 0.5) is 0 Å². The maximum Gasteiger partial charge on any atom is 0.100 e. The van der Waals surface area contributed by atoms with Gasteiger partial charge in [-0.05, 0) is 18.2 Å². The summed E-state index contributed by atoms with van der Waals surface area (Å²) in [4.78, 5) is 0.951. The highest BCUT2D eigenvalue weighted by atomic mass is 35.5. The van der Waals surface area contributed by atoms with E-state index in [-0.39, 0.29) is 4.75 Å². The molecular weight excluding hydrogens is 214 g/mol. The molecule has 1 aromatic carbocycles. The minimum atomic E-state index is 0.0935. The molecule has 74 valence electrons. The molecule has 0 unspecified atom stereocenters. The summed E-state index contributed by atoms with van der Waals surface area (Å²) in [7, 11) is 0. The zero-order valence-electron chi connectivity index (χ0n) is 8.47. The highest BCUT2D eigenvalue weighted by molar-refractivity contribution is 8.00. The second-order valence-corrected chi connectivity index (χ2v) is 6.27. The van der Waals surface area contributed by atoms with E-state index in [0.29, 0.717) is 10.6 Å². The lowest BCUT2D eigenvalue weighted by Gasteiger charge is -2.18. The molecule has 0 fully saturated rings. The molecule has 1 nitrogen and oxygen atoms in total. The van der Waals surface area contributed by atoms with Crippen molar-refractivity contribution < 1.29 is 0 Å². The lowest BCUT2D eigenvalue weighted by atomic mass is 10.2. The van der Waals surface area contributed by atoms with Crippen molar-refractivity contribution in [2.24, 2.45) is 0 Å². The second-order valence-electron chi connectivity index (χ2n) is 3.97. The maximum atomic E-state index is 8.90. The smallest absolute Gasteiger partial charge is 0.100 e. The molecule has 0 aliphatic heterocycles. The third kappa shape index (κ3) is 3.25. The van der Waals surface area contributed by atoms with Gasteiger partial charge in [-0.15, -0.1) is 11.8 Å². The molecule has 3 heteroatoms. The average Bonchev–Trinajstić information content (AvgIpc) is 2.01. The monoisotopic (exact) mass is 225 g/mol. The standard InChI is InChI=1S/C11H12ClNS/c1-11(2,3)14-10-6-9(12)5-4-8(10)7-13/h4-6H,1-3H3. The fourth-order valence-corrected chi connectivity index (χ4v) is 2.31. The number of hydrogen-bond donors (Lipinski definition) is 0. The predicted molar refractivity (Wildman–Crippen MR) is 61.8 cm³/mol. The number of hydrogen-bond acceptors (Lipinski definition) is 2. The summed E-state index contributed by atoms with van der Waals surface area (Å²) in [5, 5.41) is 9.58. The van der Waals surface area contributed by atoms with Crippen LogP contribution < -0.4 is 0 Å². The van der Waals surface area contributed by atoms with Gasteiger partial charge in [0.15, 0.2) is 0 Å². The maximum absolute atomic E-state index is 8.90. The first-order chi connectivity index (χ1) is 6.42. The molecule has 0 N–H and O–H groups in total. The van der Waals surface area contributed by atoms with Gasteiger partial charge in [-0.3, -0.25) is 0 Å². The van der Waals surface area contributed by atoms with Gasteiger partial charge >= 0.3 is 0 Å². The van der Waals surface area contributed by atoms with E-state index in [1.807, 2.05) is 6.07 Å². The highest BCUT2D eigenvalue weighted by Crippen LogP contribution is 2.35. The summed E-state index contributed by atoms with van der Waals surface area (Å²) in [6.45, 7) is 6.33. The van der Waals surface area contributed by atoms with Crippen LogP contribution in [-0.4, -0.2) is 4.75 Å². The normalized spacial score (nSPS) is 11.1. The van der Waals surface area contributed by atoms with E-state index in [0.717, 1.165) is 4.90 Å². The molecule has 0 aliphatic carbocycles. The zero-order chi connectivity index (χ0) is 10.8. The van der Waals surface area contributed by atoms with Gasteiger partial charge in [0.1, 0.15) is 6.07 Å². The first-order valence-corrected chi connectivity index (χ1v) is 5.50. The molecule has 0 saturated heterocycles. The Bertz CT molecular complexity index is 374. The number of nitrogens with zero attached hydrogens (tertiary/aromatic N) is 1. The van der Waals surface area contributed by atoms with Gasteiger partial charge in [0.05, 0.1) is 5.56 Å². The van der Waals surface area contributed by atoms with Crippen molar-refractivity contribution in [2.75, 3.05) is 0 Å². The van der Waals surface area contributed by atoms with Crippen LogP contribution >= 0.6 is 23.4 Å². The predicted octanol–water partition coefficient (Wildman–Crippen LogP) is 4.10. The average molecular weight is 226 g/mol. The third-order valence-corrected chi connectivity index (χ3v) is 2.89. The molecule has 0 bridgehead atoms. The summed E-state index contributed by atoms with van der Waals surface area (Å²) in [6, 6.07) is 7.51. The summed E-state index contributed by atoms with van der Waals surface area (Å²) in [5.74, 6) is 0. The fraction of sp³-hybridized carbons (Fsp3) is 0.364. The van der Waals surface area contributed by atoms with Crippen LogP contribution in [0.25, 0.3) is 0 Å². The van der Waals surface area contributed by atoms with Crippen molar-refractivity contribution in [3.63, 3.8) is 0 Å². The topological polar surface area (TPSA) is 23.8 Å². The van der Waals surface area contributed by atoms with E-state index >= 15 is 0 Å². The lowest BCUT2D eigenvalue weighted by molar-refractivity contribution is 0.802. The fourth-order valence-electron chi connectivity index (χ4n) is 1.00. The van der Waals surface area contributed by atoms with E-state index in [1.165, 1.54) is 0 Å². The molecule has 1 rings (SSSR count). The first kappa shape index (κ1) is 11.4. The van der Waals surface area contributed by atoms with Gasteiger partial charge in [0.2, 0.25) is 0 Å². The van der Waals surface area contributed by atoms with Crippen molar-refractivity contribution in [2.45, 2.75) is 30.4 Å². The Kier molecular flexibility index (Phi) is 3.47. The number of nitriles is 1. The Balaban J connectivity index is 3.07. The second kappa shape index (κ2) is 4.25. The molecule has 0 aromatic heterocycles.